The average Bonchev–Trinajstić information content (AvgIpc) is 2.82. The third kappa shape index (κ3) is 2.65. The first-order valence-electron chi connectivity index (χ1n) is 5.74. The zero-order valence-electron chi connectivity index (χ0n) is 9.99. The lowest BCUT2D eigenvalue weighted by Crippen LogP contribution is -2.26. The molecule has 3 nitrogen and oxygen atoms in total. The molecule has 0 saturated heterocycles. The van der Waals surface area contributed by atoms with Gasteiger partial charge in [-0.2, -0.15) is 5.26 Å². The van der Waals surface area contributed by atoms with Gasteiger partial charge in [-0.1, -0.05) is 0 Å². The van der Waals surface area contributed by atoms with E-state index in [1.807, 2.05) is 19.1 Å². The number of hydrogen-bond acceptors (Lipinski definition) is 3. The topological polar surface area (TPSA) is 40.2 Å². The number of furan rings is 1. The van der Waals surface area contributed by atoms with Gasteiger partial charge in [0.1, 0.15) is 11.5 Å². The van der Waals surface area contributed by atoms with Crippen LogP contribution in [0.1, 0.15) is 30.8 Å². The van der Waals surface area contributed by atoms with E-state index < -0.39 is 0 Å². The molecule has 1 fully saturated rings. The minimum absolute atomic E-state index is 0.283. The SMILES string of the molecule is Cc1ccc(CN(C)CC2(CC#N)CC2)o1. The van der Waals surface area contributed by atoms with Crippen LogP contribution in [0.4, 0.5) is 0 Å². The van der Waals surface area contributed by atoms with Crippen LogP contribution >= 0.6 is 0 Å². The van der Waals surface area contributed by atoms with Gasteiger partial charge in [-0.15, -0.1) is 0 Å². The number of rotatable bonds is 5. The predicted octanol–water partition coefficient (Wildman–Crippen LogP) is 2.71. The van der Waals surface area contributed by atoms with Crippen LogP contribution in [0.5, 0.6) is 0 Å². The summed E-state index contributed by atoms with van der Waals surface area (Å²) in [6.07, 6.45) is 3.08. The predicted molar refractivity (Wildman–Crippen MR) is 61.7 cm³/mol. The molecule has 86 valence electrons. The Balaban J connectivity index is 1.85. The molecular formula is C13H18N2O. The molecule has 0 unspecified atom stereocenters. The third-order valence-corrected chi connectivity index (χ3v) is 3.24. The monoisotopic (exact) mass is 218 g/mol. The molecule has 0 bridgehead atoms. The van der Waals surface area contributed by atoms with Crippen LogP contribution in [-0.4, -0.2) is 18.5 Å². The molecule has 0 amide bonds. The second-order valence-corrected chi connectivity index (χ2v) is 5.02. The lowest BCUT2D eigenvalue weighted by Gasteiger charge is -2.20. The van der Waals surface area contributed by atoms with Gasteiger partial charge in [0.05, 0.1) is 12.6 Å². The Morgan fingerprint density at radius 3 is 2.75 bits per heavy atom. The number of aryl methyl sites for hydroxylation is 1. The van der Waals surface area contributed by atoms with Gasteiger partial charge < -0.3 is 4.42 Å². The normalized spacial score (nSPS) is 17.4. The third-order valence-electron chi connectivity index (χ3n) is 3.24. The molecule has 1 aromatic rings. The minimum Gasteiger partial charge on any atom is -0.465 e. The number of nitrogens with zero attached hydrogens (tertiary/aromatic N) is 2. The van der Waals surface area contributed by atoms with E-state index in [2.05, 4.69) is 18.0 Å². The van der Waals surface area contributed by atoms with E-state index in [1.54, 1.807) is 0 Å². The van der Waals surface area contributed by atoms with Gasteiger partial charge in [-0.05, 0) is 44.4 Å². The van der Waals surface area contributed by atoms with E-state index in [1.165, 1.54) is 12.8 Å². The van der Waals surface area contributed by atoms with Gasteiger partial charge in [0.25, 0.3) is 0 Å². The van der Waals surface area contributed by atoms with E-state index in [4.69, 9.17) is 9.68 Å². The summed E-state index contributed by atoms with van der Waals surface area (Å²) < 4.78 is 5.54. The van der Waals surface area contributed by atoms with Crippen LogP contribution in [-0.2, 0) is 6.54 Å². The average molecular weight is 218 g/mol. The van der Waals surface area contributed by atoms with Gasteiger partial charge in [-0.25, -0.2) is 0 Å². The molecule has 1 aromatic heterocycles. The Morgan fingerprint density at radius 1 is 1.50 bits per heavy atom. The van der Waals surface area contributed by atoms with Crippen LogP contribution in [0.3, 0.4) is 0 Å². The first-order chi connectivity index (χ1) is 7.63. The zero-order valence-corrected chi connectivity index (χ0v) is 9.99. The van der Waals surface area contributed by atoms with Crippen molar-refractivity contribution in [3.8, 4) is 6.07 Å². The van der Waals surface area contributed by atoms with Crippen molar-refractivity contribution in [2.75, 3.05) is 13.6 Å². The lowest BCUT2D eigenvalue weighted by atomic mass is 10.0. The number of hydrogen-bond donors (Lipinski definition) is 0. The summed E-state index contributed by atoms with van der Waals surface area (Å²) in [4.78, 5) is 2.25. The summed E-state index contributed by atoms with van der Waals surface area (Å²) in [5.41, 5.74) is 0.283. The first-order valence-corrected chi connectivity index (χ1v) is 5.74. The van der Waals surface area contributed by atoms with Crippen molar-refractivity contribution in [3.63, 3.8) is 0 Å². The summed E-state index contributed by atoms with van der Waals surface area (Å²) >= 11 is 0. The molecule has 2 rings (SSSR count). The molecular weight excluding hydrogens is 200 g/mol. The summed E-state index contributed by atoms with van der Waals surface area (Å²) in [7, 11) is 2.09. The maximum Gasteiger partial charge on any atom is 0.118 e. The van der Waals surface area contributed by atoms with Crippen molar-refractivity contribution in [2.24, 2.45) is 5.41 Å². The van der Waals surface area contributed by atoms with Crippen molar-refractivity contribution in [2.45, 2.75) is 32.7 Å². The molecule has 1 aliphatic rings. The van der Waals surface area contributed by atoms with Gasteiger partial charge in [0, 0.05) is 13.0 Å². The largest absolute Gasteiger partial charge is 0.465 e. The summed E-state index contributed by atoms with van der Waals surface area (Å²) in [5, 5.41) is 8.76. The highest BCUT2D eigenvalue weighted by Gasteiger charge is 2.43. The van der Waals surface area contributed by atoms with Crippen molar-refractivity contribution in [1.82, 2.24) is 4.90 Å². The maximum atomic E-state index is 8.76. The van der Waals surface area contributed by atoms with E-state index in [0.29, 0.717) is 6.42 Å². The molecule has 3 heteroatoms. The van der Waals surface area contributed by atoms with Crippen LogP contribution in [0.25, 0.3) is 0 Å². The molecule has 0 radical (unpaired) electrons. The fourth-order valence-electron chi connectivity index (χ4n) is 2.20. The van der Waals surface area contributed by atoms with Crippen molar-refractivity contribution in [1.29, 1.82) is 5.26 Å². The molecule has 16 heavy (non-hydrogen) atoms. The van der Waals surface area contributed by atoms with E-state index in [-0.39, 0.29) is 5.41 Å². The van der Waals surface area contributed by atoms with E-state index >= 15 is 0 Å². The van der Waals surface area contributed by atoms with Crippen LogP contribution in [0.2, 0.25) is 0 Å². The second kappa shape index (κ2) is 4.31. The summed E-state index contributed by atoms with van der Waals surface area (Å²) in [6.45, 7) is 3.79. The Morgan fingerprint density at radius 2 is 2.25 bits per heavy atom. The zero-order chi connectivity index (χ0) is 11.6. The fraction of sp³-hybridized carbons (Fsp3) is 0.615. The van der Waals surface area contributed by atoms with E-state index in [0.717, 1.165) is 24.6 Å². The minimum atomic E-state index is 0.283. The highest BCUT2D eigenvalue weighted by atomic mass is 16.3. The fourth-order valence-corrected chi connectivity index (χ4v) is 2.20. The summed E-state index contributed by atoms with van der Waals surface area (Å²) in [6, 6.07) is 6.31. The van der Waals surface area contributed by atoms with E-state index in [9.17, 15) is 0 Å². The van der Waals surface area contributed by atoms with Crippen LogP contribution in [0, 0.1) is 23.7 Å². The second-order valence-electron chi connectivity index (χ2n) is 5.02. The van der Waals surface area contributed by atoms with Crippen LogP contribution in [0.15, 0.2) is 16.5 Å². The highest BCUT2D eigenvalue weighted by molar-refractivity contribution is 5.06. The highest BCUT2D eigenvalue weighted by Crippen LogP contribution is 2.49. The molecule has 1 heterocycles. The quantitative estimate of drug-likeness (QED) is 0.763. The molecule has 0 atom stereocenters. The van der Waals surface area contributed by atoms with Gasteiger partial charge >= 0.3 is 0 Å². The molecule has 0 aromatic carbocycles. The standard InChI is InChI=1S/C13H18N2O/c1-11-3-4-12(16-11)9-15(2)10-13(5-6-13)7-8-14/h3-4H,5-7,9-10H2,1-2H3. The number of nitriles is 1. The Kier molecular flexibility index (Phi) is 3.02. The Labute approximate surface area is 96.7 Å². The van der Waals surface area contributed by atoms with Gasteiger partial charge in [-0.3, -0.25) is 4.90 Å². The van der Waals surface area contributed by atoms with Gasteiger partial charge in [0.15, 0.2) is 0 Å². The maximum absolute atomic E-state index is 8.76. The molecule has 0 N–H and O–H groups in total. The molecule has 1 saturated carbocycles. The van der Waals surface area contributed by atoms with Gasteiger partial charge in [0.2, 0.25) is 0 Å². The van der Waals surface area contributed by atoms with Crippen molar-refractivity contribution >= 4 is 0 Å². The van der Waals surface area contributed by atoms with Crippen molar-refractivity contribution < 1.29 is 4.42 Å². The summed E-state index contributed by atoms with van der Waals surface area (Å²) in [5.74, 6) is 1.97. The lowest BCUT2D eigenvalue weighted by molar-refractivity contribution is 0.238. The Hall–Kier alpha value is -1.27. The van der Waals surface area contributed by atoms with Crippen LogP contribution < -0.4 is 0 Å². The molecule has 0 aliphatic heterocycles. The smallest absolute Gasteiger partial charge is 0.118 e. The molecule has 1 aliphatic carbocycles. The van der Waals surface area contributed by atoms with Crippen molar-refractivity contribution in [3.05, 3.63) is 23.7 Å². The first kappa shape index (κ1) is 11.2. The molecule has 0 spiro atoms. The Bertz CT molecular complexity index is 398.